The number of halogens is 1. The van der Waals surface area contributed by atoms with Gasteiger partial charge in [0.2, 0.25) is 0 Å². The molecule has 2 aromatic rings. The van der Waals surface area contributed by atoms with Crippen LogP contribution in [0.5, 0.6) is 0 Å². The van der Waals surface area contributed by atoms with Gasteiger partial charge in [-0.1, -0.05) is 6.07 Å². The van der Waals surface area contributed by atoms with Crippen molar-refractivity contribution in [2.45, 2.75) is 19.3 Å². The van der Waals surface area contributed by atoms with Crippen molar-refractivity contribution in [3.8, 4) is 0 Å². The van der Waals surface area contributed by atoms with Gasteiger partial charge < -0.3 is 10.0 Å². The molecular weight excluding hydrogens is 289 g/mol. The third-order valence-corrected chi connectivity index (χ3v) is 5.12. The third-order valence-electron chi connectivity index (χ3n) is 4.04. The molecule has 1 saturated heterocycles. The van der Waals surface area contributed by atoms with E-state index in [0.29, 0.717) is 17.3 Å². The Labute approximate surface area is 127 Å². The summed E-state index contributed by atoms with van der Waals surface area (Å²) in [5.41, 5.74) is 0. The first-order valence-electron chi connectivity index (χ1n) is 7.26. The highest BCUT2D eigenvalue weighted by Gasteiger charge is 2.25. The lowest BCUT2D eigenvalue weighted by Crippen LogP contribution is -2.39. The molecule has 0 saturated carbocycles. The zero-order chi connectivity index (χ0) is 14.8. The second-order valence-corrected chi connectivity index (χ2v) is 6.65. The smallest absolute Gasteiger partial charge is 0.263 e. The Morgan fingerprint density at radius 1 is 1.43 bits per heavy atom. The highest BCUT2D eigenvalue weighted by Crippen LogP contribution is 2.29. The maximum atomic E-state index is 13.2. The van der Waals surface area contributed by atoms with Crippen LogP contribution in [0, 0.1) is 11.7 Å². The average molecular weight is 307 g/mol. The molecule has 3 rings (SSSR count). The molecule has 1 aromatic heterocycles. The minimum Gasteiger partial charge on any atom is -0.396 e. The predicted molar refractivity (Wildman–Crippen MR) is 82.1 cm³/mol. The molecule has 112 valence electrons. The number of nitrogens with zero attached hydrogens (tertiary/aromatic N) is 1. The van der Waals surface area contributed by atoms with E-state index in [4.69, 9.17) is 5.11 Å². The van der Waals surface area contributed by atoms with Crippen LogP contribution in [0.15, 0.2) is 24.3 Å². The number of rotatable bonds is 3. The van der Waals surface area contributed by atoms with Crippen LogP contribution in [-0.4, -0.2) is 35.6 Å². The molecule has 0 spiro atoms. The average Bonchev–Trinajstić information content (AvgIpc) is 2.90. The van der Waals surface area contributed by atoms with Crippen molar-refractivity contribution in [1.29, 1.82) is 0 Å². The zero-order valence-corrected chi connectivity index (χ0v) is 12.5. The van der Waals surface area contributed by atoms with Gasteiger partial charge in [0.25, 0.3) is 5.91 Å². The number of aliphatic hydroxyl groups excluding tert-OH is 1. The summed E-state index contributed by atoms with van der Waals surface area (Å²) in [5.74, 6) is 0.142. The van der Waals surface area contributed by atoms with Crippen molar-refractivity contribution in [2.24, 2.45) is 5.92 Å². The van der Waals surface area contributed by atoms with Crippen LogP contribution in [0.1, 0.15) is 28.9 Å². The monoisotopic (exact) mass is 307 g/mol. The van der Waals surface area contributed by atoms with Gasteiger partial charge in [-0.15, -0.1) is 11.3 Å². The van der Waals surface area contributed by atoms with Crippen molar-refractivity contribution >= 4 is 27.3 Å². The minimum absolute atomic E-state index is 0.0271. The van der Waals surface area contributed by atoms with Gasteiger partial charge in [0, 0.05) is 24.4 Å². The van der Waals surface area contributed by atoms with E-state index >= 15 is 0 Å². The molecule has 21 heavy (non-hydrogen) atoms. The lowest BCUT2D eigenvalue weighted by atomic mass is 9.95. The first-order valence-corrected chi connectivity index (χ1v) is 8.08. The lowest BCUT2D eigenvalue weighted by Gasteiger charge is -2.32. The summed E-state index contributed by atoms with van der Waals surface area (Å²) < 4.78 is 14.0. The molecule has 2 heterocycles. The van der Waals surface area contributed by atoms with Crippen LogP contribution in [0.3, 0.4) is 0 Å². The molecule has 3 nitrogen and oxygen atoms in total. The van der Waals surface area contributed by atoms with Crippen LogP contribution < -0.4 is 0 Å². The summed E-state index contributed by atoms with van der Waals surface area (Å²) in [6.45, 7) is 1.65. The standard InChI is InChI=1S/C16H18FNO2S/c17-13-4-3-12-8-15(21-14(12)9-13)16(20)18-6-1-2-11(10-18)5-7-19/h3-4,8-9,11,19H,1-2,5-7,10H2. The molecule has 0 aliphatic carbocycles. The molecule has 0 bridgehead atoms. The van der Waals surface area contributed by atoms with Crippen molar-refractivity contribution in [2.75, 3.05) is 19.7 Å². The van der Waals surface area contributed by atoms with E-state index in [1.54, 1.807) is 6.07 Å². The Bertz CT molecular complexity index is 653. The predicted octanol–water partition coefficient (Wildman–Crippen LogP) is 3.28. The molecule has 1 aliphatic rings. The van der Waals surface area contributed by atoms with Crippen molar-refractivity contribution in [1.82, 2.24) is 4.90 Å². The number of benzene rings is 1. The second-order valence-electron chi connectivity index (χ2n) is 5.56. The van der Waals surface area contributed by atoms with Crippen LogP contribution >= 0.6 is 11.3 Å². The molecule has 0 radical (unpaired) electrons. The number of hydrogen-bond acceptors (Lipinski definition) is 3. The SMILES string of the molecule is O=C(c1cc2ccc(F)cc2s1)N1CCCC(CCO)C1. The number of aliphatic hydroxyl groups is 1. The van der Waals surface area contributed by atoms with Crippen LogP contribution in [0.2, 0.25) is 0 Å². The molecule has 1 fully saturated rings. The highest BCUT2D eigenvalue weighted by atomic mass is 32.1. The number of amides is 1. The Balaban J connectivity index is 1.79. The van der Waals surface area contributed by atoms with Gasteiger partial charge in [-0.25, -0.2) is 4.39 Å². The van der Waals surface area contributed by atoms with Gasteiger partial charge in [0.05, 0.1) is 4.88 Å². The summed E-state index contributed by atoms with van der Waals surface area (Å²) in [4.78, 5) is 15.1. The summed E-state index contributed by atoms with van der Waals surface area (Å²) >= 11 is 1.35. The van der Waals surface area contributed by atoms with Crippen molar-refractivity contribution in [3.63, 3.8) is 0 Å². The van der Waals surface area contributed by atoms with Crippen LogP contribution in [-0.2, 0) is 0 Å². The van der Waals surface area contributed by atoms with Crippen molar-refractivity contribution < 1.29 is 14.3 Å². The normalized spacial score (nSPS) is 19.1. The topological polar surface area (TPSA) is 40.5 Å². The van der Waals surface area contributed by atoms with Gasteiger partial charge >= 0.3 is 0 Å². The zero-order valence-electron chi connectivity index (χ0n) is 11.7. The number of piperidine rings is 1. The van der Waals surface area contributed by atoms with E-state index < -0.39 is 0 Å². The summed E-state index contributed by atoms with van der Waals surface area (Å²) in [5, 5.41) is 9.96. The fourth-order valence-electron chi connectivity index (χ4n) is 2.93. The van der Waals surface area contributed by atoms with Crippen LogP contribution in [0.25, 0.3) is 10.1 Å². The molecule has 1 amide bonds. The van der Waals surface area contributed by atoms with E-state index in [2.05, 4.69) is 0 Å². The molecule has 1 atom stereocenters. The van der Waals surface area contributed by atoms with E-state index in [0.717, 1.165) is 35.9 Å². The number of fused-ring (bicyclic) bond motifs is 1. The summed E-state index contributed by atoms with van der Waals surface area (Å²) in [7, 11) is 0. The molecular formula is C16H18FNO2S. The van der Waals surface area contributed by atoms with E-state index in [1.165, 1.54) is 23.5 Å². The van der Waals surface area contributed by atoms with Gasteiger partial charge in [0.15, 0.2) is 0 Å². The minimum atomic E-state index is -0.274. The first kappa shape index (κ1) is 14.5. The third kappa shape index (κ3) is 3.09. The fourth-order valence-corrected chi connectivity index (χ4v) is 3.99. The van der Waals surface area contributed by atoms with Gasteiger partial charge in [-0.3, -0.25) is 4.79 Å². The number of likely N-dealkylation sites (tertiary alicyclic amines) is 1. The molecule has 5 heteroatoms. The number of carbonyl (C=O) groups excluding carboxylic acids is 1. The molecule has 1 unspecified atom stereocenters. The molecule has 1 aromatic carbocycles. The maximum absolute atomic E-state index is 13.2. The molecule has 1 aliphatic heterocycles. The van der Waals surface area contributed by atoms with Crippen molar-refractivity contribution in [3.05, 3.63) is 35.0 Å². The van der Waals surface area contributed by atoms with Gasteiger partial charge in [-0.05, 0) is 48.8 Å². The Hall–Kier alpha value is -1.46. The van der Waals surface area contributed by atoms with Gasteiger partial charge in [-0.2, -0.15) is 0 Å². The summed E-state index contributed by atoms with van der Waals surface area (Å²) in [6.07, 6.45) is 2.80. The Kier molecular flexibility index (Phi) is 4.22. The van der Waals surface area contributed by atoms with Crippen LogP contribution in [0.4, 0.5) is 4.39 Å². The van der Waals surface area contributed by atoms with E-state index in [-0.39, 0.29) is 18.3 Å². The number of thiophene rings is 1. The largest absolute Gasteiger partial charge is 0.396 e. The van der Waals surface area contributed by atoms with Gasteiger partial charge in [0.1, 0.15) is 5.82 Å². The highest BCUT2D eigenvalue weighted by molar-refractivity contribution is 7.20. The fraction of sp³-hybridized carbons (Fsp3) is 0.438. The second kappa shape index (κ2) is 6.12. The number of carbonyl (C=O) groups is 1. The van der Waals surface area contributed by atoms with E-state index in [1.807, 2.05) is 11.0 Å². The first-order chi connectivity index (χ1) is 10.2. The quantitative estimate of drug-likeness (QED) is 0.945. The number of hydrogen-bond donors (Lipinski definition) is 1. The maximum Gasteiger partial charge on any atom is 0.263 e. The molecule has 1 N–H and O–H groups in total. The summed E-state index contributed by atoms with van der Waals surface area (Å²) in [6, 6.07) is 6.45. The Morgan fingerprint density at radius 3 is 3.10 bits per heavy atom. The lowest BCUT2D eigenvalue weighted by molar-refractivity contribution is 0.0658. The Morgan fingerprint density at radius 2 is 2.29 bits per heavy atom. The van der Waals surface area contributed by atoms with E-state index in [9.17, 15) is 9.18 Å².